The molecular weight excluding hydrogens is 476 g/mol. The Morgan fingerprint density at radius 1 is 0.917 bits per heavy atom. The van der Waals surface area contributed by atoms with Crippen molar-refractivity contribution in [3.63, 3.8) is 0 Å². The van der Waals surface area contributed by atoms with Crippen molar-refractivity contribution in [2.45, 2.75) is 66.8 Å². The SMILES string of the molecule is C[C]1C(C)=C(C)C(C)=C1C.Cc1ccc2c(n1)[C@H](N)CCC2.O.[Ir]. The minimum Gasteiger partial charge on any atom is -0.412 e. The van der Waals surface area contributed by atoms with Gasteiger partial charge in [0.25, 0.3) is 0 Å². The van der Waals surface area contributed by atoms with Crippen LogP contribution in [0.1, 0.15) is 70.5 Å². The minimum absolute atomic E-state index is 0. The average Bonchev–Trinajstić information content (AvgIpc) is 2.67. The minimum atomic E-state index is 0. The molecule has 1 aromatic heterocycles. The van der Waals surface area contributed by atoms with Crippen molar-refractivity contribution in [2.24, 2.45) is 5.73 Å². The van der Waals surface area contributed by atoms with Gasteiger partial charge in [-0.05, 0) is 76.7 Å². The Morgan fingerprint density at radius 3 is 1.92 bits per heavy atom. The molecule has 0 amide bonds. The van der Waals surface area contributed by atoms with Gasteiger partial charge in [0.15, 0.2) is 0 Å². The third kappa shape index (κ3) is 4.86. The molecule has 2 aliphatic carbocycles. The molecule has 2 aliphatic rings. The van der Waals surface area contributed by atoms with Gasteiger partial charge in [-0.15, -0.1) is 0 Å². The van der Waals surface area contributed by atoms with Gasteiger partial charge in [0.1, 0.15) is 0 Å². The zero-order valence-corrected chi connectivity index (χ0v) is 18.1. The van der Waals surface area contributed by atoms with Crippen LogP contribution in [-0.4, -0.2) is 10.5 Å². The van der Waals surface area contributed by atoms with Gasteiger partial charge in [-0.1, -0.05) is 24.1 Å². The van der Waals surface area contributed by atoms with Crippen molar-refractivity contribution in [1.29, 1.82) is 0 Å². The molecule has 0 spiro atoms. The second kappa shape index (κ2) is 9.62. The molecule has 1 heterocycles. The van der Waals surface area contributed by atoms with Gasteiger partial charge < -0.3 is 11.2 Å². The molecule has 3 nitrogen and oxygen atoms in total. The van der Waals surface area contributed by atoms with E-state index >= 15 is 0 Å². The Bertz CT molecular complexity index is 611. The fourth-order valence-corrected chi connectivity index (χ4v) is 3.19. The summed E-state index contributed by atoms with van der Waals surface area (Å²) in [5, 5.41) is 0. The zero-order valence-electron chi connectivity index (χ0n) is 15.7. The van der Waals surface area contributed by atoms with Gasteiger partial charge in [0, 0.05) is 37.8 Å². The van der Waals surface area contributed by atoms with Crippen molar-refractivity contribution in [3.8, 4) is 0 Å². The number of pyridine rings is 1. The fourth-order valence-electron chi connectivity index (χ4n) is 3.19. The van der Waals surface area contributed by atoms with Gasteiger partial charge in [0.2, 0.25) is 0 Å². The van der Waals surface area contributed by atoms with Crippen LogP contribution in [0.2, 0.25) is 0 Å². The summed E-state index contributed by atoms with van der Waals surface area (Å²) in [4.78, 5) is 4.47. The van der Waals surface area contributed by atoms with Crippen molar-refractivity contribution in [1.82, 2.24) is 4.98 Å². The van der Waals surface area contributed by atoms with Crippen LogP contribution in [0.4, 0.5) is 0 Å². The first-order valence-corrected chi connectivity index (χ1v) is 8.24. The average molecular weight is 508 g/mol. The molecule has 0 bridgehead atoms. The molecule has 3 rings (SSSR count). The maximum absolute atomic E-state index is 5.95. The quantitative estimate of drug-likeness (QED) is 0.573. The molecule has 4 N–H and O–H groups in total. The molecular formula is C20H31IrN2O. The van der Waals surface area contributed by atoms with Crippen LogP contribution in [-0.2, 0) is 26.5 Å². The predicted molar refractivity (Wildman–Crippen MR) is 98.1 cm³/mol. The first-order valence-electron chi connectivity index (χ1n) is 8.24. The van der Waals surface area contributed by atoms with Gasteiger partial charge in [-0.2, -0.15) is 0 Å². The van der Waals surface area contributed by atoms with Crippen LogP contribution < -0.4 is 5.73 Å². The molecule has 1 atom stereocenters. The number of aryl methyl sites for hydroxylation is 2. The summed E-state index contributed by atoms with van der Waals surface area (Å²) in [5.74, 6) is 1.47. The van der Waals surface area contributed by atoms with E-state index in [1.54, 1.807) is 0 Å². The third-order valence-corrected chi connectivity index (χ3v) is 5.28. The van der Waals surface area contributed by atoms with Crippen molar-refractivity contribution in [3.05, 3.63) is 57.3 Å². The van der Waals surface area contributed by atoms with Gasteiger partial charge >= 0.3 is 0 Å². The summed E-state index contributed by atoms with van der Waals surface area (Å²) in [6.45, 7) is 13.0. The Hall–Kier alpha value is -0.801. The number of allylic oxidation sites excluding steroid dienone is 4. The maximum atomic E-state index is 5.95. The van der Waals surface area contributed by atoms with E-state index in [9.17, 15) is 0 Å². The smallest absolute Gasteiger partial charge is 0.0606 e. The number of rotatable bonds is 0. The normalized spacial score (nSPS) is 19.9. The van der Waals surface area contributed by atoms with Crippen molar-refractivity contribution >= 4 is 0 Å². The van der Waals surface area contributed by atoms with E-state index in [1.807, 2.05) is 6.92 Å². The molecule has 0 saturated carbocycles. The van der Waals surface area contributed by atoms with E-state index in [0.717, 1.165) is 24.2 Å². The molecule has 0 aromatic carbocycles. The van der Waals surface area contributed by atoms with Crippen LogP contribution in [0.25, 0.3) is 0 Å². The molecule has 1 aromatic rings. The van der Waals surface area contributed by atoms with E-state index in [-0.39, 0.29) is 31.6 Å². The number of nitrogens with zero attached hydrogens (tertiary/aromatic N) is 1. The molecule has 0 aliphatic heterocycles. The Morgan fingerprint density at radius 2 is 1.46 bits per heavy atom. The summed E-state index contributed by atoms with van der Waals surface area (Å²) in [7, 11) is 0. The first-order chi connectivity index (χ1) is 10.3. The van der Waals surface area contributed by atoms with E-state index in [0.29, 0.717) is 0 Å². The molecule has 136 valence electrons. The molecule has 0 saturated heterocycles. The van der Waals surface area contributed by atoms with Gasteiger partial charge in [-0.3, -0.25) is 4.98 Å². The van der Waals surface area contributed by atoms with Gasteiger partial charge in [-0.25, -0.2) is 0 Å². The molecule has 24 heavy (non-hydrogen) atoms. The topological polar surface area (TPSA) is 70.4 Å². The summed E-state index contributed by atoms with van der Waals surface area (Å²) >= 11 is 0. The fraction of sp³-hybridized carbons (Fsp3) is 0.500. The van der Waals surface area contributed by atoms with E-state index in [4.69, 9.17) is 5.73 Å². The van der Waals surface area contributed by atoms with Crippen LogP contribution in [0, 0.1) is 12.8 Å². The van der Waals surface area contributed by atoms with Gasteiger partial charge in [0.05, 0.1) is 5.69 Å². The molecule has 2 radical (unpaired) electrons. The summed E-state index contributed by atoms with van der Waals surface area (Å²) in [6, 6.07) is 4.40. The number of nitrogens with two attached hydrogens (primary N) is 1. The second-order valence-electron chi connectivity index (χ2n) is 6.62. The standard InChI is InChI=1S/C10H14N2.C10H15.Ir.H2O/c1-7-5-6-8-3-2-4-9(11)10(8)12-7;1-6-7(2)9(4)10(5)8(6)3;;/h5-6,9H,2-4,11H2,1H3;1-5H3;;1H2/t9-;;;/m1.../s1. The third-order valence-electron chi connectivity index (χ3n) is 5.28. The van der Waals surface area contributed by atoms with Crippen molar-refractivity contribution < 1.29 is 25.6 Å². The first kappa shape index (κ1) is 23.2. The Balaban J connectivity index is 0.000000413. The van der Waals surface area contributed by atoms with Crippen LogP contribution in [0.15, 0.2) is 34.4 Å². The van der Waals surface area contributed by atoms with Crippen LogP contribution in [0.5, 0.6) is 0 Å². The van der Waals surface area contributed by atoms with E-state index < -0.39 is 0 Å². The Kier molecular flexibility index (Phi) is 9.30. The summed E-state index contributed by atoms with van der Waals surface area (Å²) in [5.41, 5.74) is 15.4. The van der Waals surface area contributed by atoms with Crippen LogP contribution >= 0.6 is 0 Å². The summed E-state index contributed by atoms with van der Waals surface area (Å²) in [6.07, 6.45) is 3.44. The number of hydrogen-bond acceptors (Lipinski definition) is 2. The van der Waals surface area contributed by atoms with E-state index in [1.165, 1.54) is 40.2 Å². The molecule has 0 fully saturated rings. The molecule has 0 unspecified atom stereocenters. The number of aromatic nitrogens is 1. The maximum Gasteiger partial charge on any atom is 0.0606 e. The predicted octanol–water partition coefficient (Wildman–Crippen LogP) is 4.17. The zero-order chi connectivity index (χ0) is 16.4. The second-order valence-corrected chi connectivity index (χ2v) is 6.62. The number of hydrogen-bond donors (Lipinski definition) is 1. The monoisotopic (exact) mass is 508 g/mol. The van der Waals surface area contributed by atoms with Crippen molar-refractivity contribution in [2.75, 3.05) is 0 Å². The number of fused-ring (bicyclic) bond motifs is 1. The largest absolute Gasteiger partial charge is 0.412 e. The Labute approximate surface area is 160 Å². The summed E-state index contributed by atoms with van der Waals surface area (Å²) < 4.78 is 0. The van der Waals surface area contributed by atoms with Crippen LogP contribution in [0.3, 0.4) is 0 Å². The van der Waals surface area contributed by atoms with E-state index in [2.05, 4.69) is 51.7 Å². The molecule has 4 heteroatoms.